The highest BCUT2D eigenvalue weighted by Gasteiger charge is 2.27. The quantitative estimate of drug-likeness (QED) is 0.690. The maximum absolute atomic E-state index is 12.0. The van der Waals surface area contributed by atoms with Crippen molar-refractivity contribution in [2.24, 2.45) is 0 Å². The van der Waals surface area contributed by atoms with Gasteiger partial charge in [0.1, 0.15) is 0 Å². The number of ether oxygens (including phenoxy) is 1. The highest BCUT2D eigenvalue weighted by molar-refractivity contribution is 5.98. The average molecular weight is 233 g/mol. The predicted octanol–water partition coefficient (Wildman–Crippen LogP) is 1.49. The molecule has 2 rings (SSSR count). The Kier molecular flexibility index (Phi) is 2.88. The molecule has 0 radical (unpaired) electrons. The first-order chi connectivity index (χ1) is 8.04. The zero-order valence-electron chi connectivity index (χ0n) is 10.2. The predicted molar refractivity (Wildman–Crippen MR) is 63.0 cm³/mol. The molecule has 0 spiro atoms. The highest BCUT2D eigenvalue weighted by Crippen LogP contribution is 2.23. The number of rotatable bonds is 1. The molecule has 0 bridgehead atoms. The second kappa shape index (κ2) is 4.20. The Hall–Kier alpha value is -1.84. The summed E-state index contributed by atoms with van der Waals surface area (Å²) in [5, 5.41) is 0. The Labute approximate surface area is 100 Å². The molecule has 1 aliphatic rings. The molecule has 1 atom stereocenters. The first kappa shape index (κ1) is 11.6. The van der Waals surface area contributed by atoms with Gasteiger partial charge in [-0.3, -0.25) is 4.79 Å². The summed E-state index contributed by atoms with van der Waals surface area (Å²) in [5.41, 5.74) is 2.09. The minimum Gasteiger partial charge on any atom is -0.465 e. The number of amides is 1. The van der Waals surface area contributed by atoms with Gasteiger partial charge in [-0.15, -0.1) is 0 Å². The maximum atomic E-state index is 12.0. The molecular weight excluding hydrogens is 218 g/mol. The van der Waals surface area contributed by atoms with Crippen LogP contribution in [0.5, 0.6) is 0 Å². The molecule has 0 aliphatic carbocycles. The molecule has 0 N–H and O–H groups in total. The number of nitrogens with zero attached hydrogens (tertiary/aromatic N) is 1. The van der Waals surface area contributed by atoms with E-state index in [4.69, 9.17) is 0 Å². The molecule has 1 aromatic rings. The Bertz CT molecular complexity index is 482. The van der Waals surface area contributed by atoms with Gasteiger partial charge in [0.05, 0.1) is 12.7 Å². The number of methoxy groups -OCH3 is 1. The van der Waals surface area contributed by atoms with Crippen LogP contribution in [0.1, 0.15) is 33.2 Å². The lowest BCUT2D eigenvalue weighted by Gasteiger charge is -2.31. The summed E-state index contributed by atoms with van der Waals surface area (Å²) in [6.07, 6.45) is 0.766. The number of carbonyl (C=O) groups is 2. The van der Waals surface area contributed by atoms with E-state index >= 15 is 0 Å². The molecule has 1 amide bonds. The smallest absolute Gasteiger partial charge is 0.337 e. The fourth-order valence-corrected chi connectivity index (χ4v) is 2.06. The molecule has 0 aromatic heterocycles. The van der Waals surface area contributed by atoms with Crippen molar-refractivity contribution >= 4 is 11.9 Å². The molecule has 17 heavy (non-hydrogen) atoms. The van der Waals surface area contributed by atoms with E-state index in [0.717, 1.165) is 12.0 Å². The van der Waals surface area contributed by atoms with Crippen LogP contribution in [-0.4, -0.2) is 37.0 Å². The molecule has 4 nitrogen and oxygen atoms in total. The van der Waals surface area contributed by atoms with E-state index in [1.165, 1.54) is 7.11 Å². The SMILES string of the molecule is COC(=O)c1ccc2c(c1)CC(C)N(C)C2=O. The molecule has 0 fully saturated rings. The second-order valence-corrected chi connectivity index (χ2v) is 4.33. The minimum absolute atomic E-state index is 0.00941. The number of carbonyl (C=O) groups excluding carboxylic acids is 2. The van der Waals surface area contributed by atoms with Gasteiger partial charge in [-0.05, 0) is 37.1 Å². The molecule has 1 aliphatic heterocycles. The van der Waals surface area contributed by atoms with Gasteiger partial charge in [0, 0.05) is 18.7 Å². The molecule has 0 saturated heterocycles. The van der Waals surface area contributed by atoms with Crippen molar-refractivity contribution in [1.29, 1.82) is 0 Å². The van der Waals surface area contributed by atoms with Gasteiger partial charge in [-0.25, -0.2) is 4.79 Å². The van der Waals surface area contributed by atoms with Crippen molar-refractivity contribution in [3.05, 3.63) is 34.9 Å². The van der Waals surface area contributed by atoms with E-state index < -0.39 is 0 Å². The third kappa shape index (κ3) is 1.90. The molecule has 4 heteroatoms. The summed E-state index contributed by atoms with van der Waals surface area (Å²) in [5.74, 6) is -0.359. The number of benzene rings is 1. The number of fused-ring (bicyclic) bond motifs is 1. The van der Waals surface area contributed by atoms with E-state index in [9.17, 15) is 9.59 Å². The van der Waals surface area contributed by atoms with Gasteiger partial charge < -0.3 is 9.64 Å². The van der Waals surface area contributed by atoms with Gasteiger partial charge in [0.15, 0.2) is 0 Å². The summed E-state index contributed by atoms with van der Waals surface area (Å²) >= 11 is 0. The standard InChI is InChI=1S/C13H15NO3/c1-8-6-10-7-9(13(16)17-3)4-5-11(10)12(15)14(8)2/h4-5,7-8H,6H2,1-3H3. The van der Waals surface area contributed by atoms with E-state index in [0.29, 0.717) is 11.1 Å². The lowest BCUT2D eigenvalue weighted by atomic mass is 9.93. The number of likely N-dealkylation sites (N-methyl/N-ethyl adjacent to an activating group) is 1. The summed E-state index contributed by atoms with van der Waals surface area (Å²) in [6, 6.07) is 5.24. The van der Waals surface area contributed by atoms with Crippen LogP contribution in [0.4, 0.5) is 0 Å². The summed E-state index contributed by atoms with van der Waals surface area (Å²) in [6.45, 7) is 1.99. The van der Waals surface area contributed by atoms with Crippen LogP contribution < -0.4 is 0 Å². The Balaban J connectivity index is 2.44. The zero-order chi connectivity index (χ0) is 12.6. The monoisotopic (exact) mass is 233 g/mol. The van der Waals surface area contributed by atoms with Crippen molar-refractivity contribution < 1.29 is 14.3 Å². The first-order valence-corrected chi connectivity index (χ1v) is 5.53. The fourth-order valence-electron chi connectivity index (χ4n) is 2.06. The van der Waals surface area contributed by atoms with Crippen LogP contribution in [0.2, 0.25) is 0 Å². The van der Waals surface area contributed by atoms with Gasteiger partial charge >= 0.3 is 5.97 Å². The Morgan fingerprint density at radius 2 is 2.18 bits per heavy atom. The largest absolute Gasteiger partial charge is 0.465 e. The normalized spacial score (nSPS) is 18.9. The van der Waals surface area contributed by atoms with Crippen molar-refractivity contribution in [3.63, 3.8) is 0 Å². The fraction of sp³-hybridized carbons (Fsp3) is 0.385. The van der Waals surface area contributed by atoms with E-state index in [-0.39, 0.29) is 17.9 Å². The molecule has 1 unspecified atom stereocenters. The lowest BCUT2D eigenvalue weighted by molar-refractivity contribution is 0.0598. The summed E-state index contributed by atoms with van der Waals surface area (Å²) < 4.78 is 4.67. The zero-order valence-corrected chi connectivity index (χ0v) is 10.2. The average Bonchev–Trinajstić information content (AvgIpc) is 2.34. The van der Waals surface area contributed by atoms with Crippen molar-refractivity contribution in [2.75, 3.05) is 14.2 Å². The van der Waals surface area contributed by atoms with E-state index in [1.807, 2.05) is 6.92 Å². The van der Waals surface area contributed by atoms with Crippen LogP contribution in [0, 0.1) is 0 Å². The number of hydrogen-bond donors (Lipinski definition) is 0. The van der Waals surface area contributed by atoms with Crippen molar-refractivity contribution in [2.45, 2.75) is 19.4 Å². The van der Waals surface area contributed by atoms with Crippen LogP contribution in [0.25, 0.3) is 0 Å². The molecule has 1 heterocycles. The third-order valence-electron chi connectivity index (χ3n) is 3.25. The molecule has 1 aromatic carbocycles. The lowest BCUT2D eigenvalue weighted by Crippen LogP contribution is -2.41. The van der Waals surface area contributed by atoms with Crippen LogP contribution in [-0.2, 0) is 11.2 Å². The van der Waals surface area contributed by atoms with Gasteiger partial charge in [-0.1, -0.05) is 0 Å². The van der Waals surface area contributed by atoms with Crippen LogP contribution in [0.3, 0.4) is 0 Å². The van der Waals surface area contributed by atoms with E-state index in [1.54, 1.807) is 30.1 Å². The first-order valence-electron chi connectivity index (χ1n) is 5.53. The Morgan fingerprint density at radius 1 is 1.47 bits per heavy atom. The van der Waals surface area contributed by atoms with Crippen LogP contribution >= 0.6 is 0 Å². The highest BCUT2D eigenvalue weighted by atomic mass is 16.5. The minimum atomic E-state index is -0.369. The maximum Gasteiger partial charge on any atom is 0.337 e. The summed E-state index contributed by atoms with van der Waals surface area (Å²) in [7, 11) is 3.15. The summed E-state index contributed by atoms with van der Waals surface area (Å²) in [4.78, 5) is 25.1. The van der Waals surface area contributed by atoms with Crippen LogP contribution in [0.15, 0.2) is 18.2 Å². The molecular formula is C13H15NO3. The third-order valence-corrected chi connectivity index (χ3v) is 3.25. The second-order valence-electron chi connectivity index (χ2n) is 4.33. The van der Waals surface area contributed by atoms with Gasteiger partial charge in [0.2, 0.25) is 0 Å². The number of esters is 1. The van der Waals surface area contributed by atoms with E-state index in [2.05, 4.69) is 4.74 Å². The number of hydrogen-bond acceptors (Lipinski definition) is 3. The van der Waals surface area contributed by atoms with Crippen molar-refractivity contribution in [1.82, 2.24) is 4.90 Å². The topological polar surface area (TPSA) is 46.6 Å². The van der Waals surface area contributed by atoms with Gasteiger partial charge in [-0.2, -0.15) is 0 Å². The molecule has 0 saturated carbocycles. The molecule has 90 valence electrons. The van der Waals surface area contributed by atoms with Gasteiger partial charge in [0.25, 0.3) is 5.91 Å². The van der Waals surface area contributed by atoms with Crippen molar-refractivity contribution in [3.8, 4) is 0 Å². The Morgan fingerprint density at radius 3 is 2.82 bits per heavy atom.